The fraction of sp³-hybridized carbons (Fsp3) is 0. The standard InChI is InChI=1S/Cu.Fe.K.Mg.Mn.H2Se.Zn.3H/h;;;;;1H2;;;;/q;;+1;+2;;;;3*-1. The molecule has 0 heterocycles. The van der Waals surface area contributed by atoms with Crippen LogP contribution in [0.3, 0.4) is 0 Å². The zero-order valence-corrected chi connectivity index (χ0v) is 16.8. The van der Waals surface area contributed by atoms with E-state index in [9.17, 15) is 0 Å². The van der Waals surface area contributed by atoms with Gasteiger partial charge in [-0.1, -0.05) is 0 Å². The summed E-state index contributed by atoms with van der Waals surface area (Å²) < 4.78 is 0. The summed E-state index contributed by atoms with van der Waals surface area (Å²) >= 11 is 0. The molecule has 0 amide bonds. The van der Waals surface area contributed by atoms with E-state index < -0.39 is 0 Å². The average Bonchev–Trinajstić information content (AvgIpc) is 0. The molecule has 0 bridgehead atoms. The van der Waals surface area contributed by atoms with Crippen LogP contribution in [0.4, 0.5) is 0 Å². The Balaban J connectivity index is 0. The second-order valence-electron chi connectivity index (χ2n) is 0. The minimum Gasteiger partial charge on any atom is 0 e. The summed E-state index contributed by atoms with van der Waals surface area (Å²) in [5.41, 5.74) is 0. The van der Waals surface area contributed by atoms with Gasteiger partial charge in [0, 0.05) is 70.7 Å². The largest absolute Gasteiger partial charge is 0 e. The zero-order chi connectivity index (χ0) is 0. The molecule has 0 aromatic carbocycles. The first-order chi connectivity index (χ1) is 0. The van der Waals surface area contributed by atoms with Crippen LogP contribution in [-0.2, 0) is 70.7 Å². The van der Waals surface area contributed by atoms with Gasteiger partial charge in [0.2, 0.25) is 0 Å². The Bertz CT molecular complexity index is 28.5. The van der Waals surface area contributed by atoms with Crippen LogP contribution in [-0.4, -0.2) is 40.1 Å². The Morgan fingerprint density at radius 1 is 1.14 bits per heavy atom. The summed E-state index contributed by atoms with van der Waals surface area (Å²) in [6.07, 6.45) is 0. The molecule has 0 aliphatic heterocycles. The van der Waals surface area contributed by atoms with Crippen molar-refractivity contribution < 1.29 is 126 Å². The Morgan fingerprint density at radius 2 is 1.14 bits per heavy atom. The van der Waals surface area contributed by atoms with E-state index in [1.54, 1.807) is 0 Å². The molecule has 0 saturated heterocycles. The van der Waals surface area contributed by atoms with Gasteiger partial charge >= 0.3 is 91.5 Å². The Hall–Kier alpha value is 5.10. The molecule has 0 aliphatic rings. The van der Waals surface area contributed by atoms with Crippen LogP contribution in [0.1, 0.15) is 4.28 Å². The van der Waals surface area contributed by atoms with Crippen LogP contribution >= 0.6 is 0 Å². The molecule has 0 rings (SSSR count). The molecule has 0 nitrogen and oxygen atoms in total. The van der Waals surface area contributed by atoms with Crippen molar-refractivity contribution in [3.8, 4) is 0 Å². The number of rotatable bonds is 0. The van der Waals surface area contributed by atoms with E-state index >= 15 is 0 Å². The van der Waals surface area contributed by atoms with Crippen LogP contribution in [0.2, 0.25) is 0 Å². The van der Waals surface area contributed by atoms with E-state index in [4.69, 9.17) is 0 Å². The van der Waals surface area contributed by atoms with Gasteiger partial charge in [0.25, 0.3) is 0 Å². The third-order valence-corrected chi connectivity index (χ3v) is 0. The fourth-order valence-electron chi connectivity index (χ4n) is 0. The van der Waals surface area contributed by atoms with Crippen molar-refractivity contribution >= 4 is 40.1 Å². The SMILES string of the molecule is [Cu].[Fe].[H-].[H-].[H-].[K+].[Mg+2].[Mn].[SeH2].[Zn]. The van der Waals surface area contributed by atoms with E-state index in [0.29, 0.717) is 0 Å². The van der Waals surface area contributed by atoms with Crippen LogP contribution in [0, 0.1) is 0 Å². The predicted octanol–water partition coefficient (Wildman–Crippen LogP) is -3.97. The maximum absolute atomic E-state index is 0. The summed E-state index contributed by atoms with van der Waals surface area (Å²) in [6, 6.07) is 0. The van der Waals surface area contributed by atoms with E-state index in [1.165, 1.54) is 0 Å². The molecule has 7 heteroatoms. The summed E-state index contributed by atoms with van der Waals surface area (Å²) in [6.45, 7) is 0. The number of hydrogen-bond donors (Lipinski definition) is 0. The van der Waals surface area contributed by atoms with Gasteiger partial charge < -0.3 is 4.28 Å². The van der Waals surface area contributed by atoms with Gasteiger partial charge in [0.05, 0.1) is 0 Å². The summed E-state index contributed by atoms with van der Waals surface area (Å²) in [5, 5.41) is 0. The summed E-state index contributed by atoms with van der Waals surface area (Å²) in [7, 11) is 0. The first kappa shape index (κ1) is 57.3. The van der Waals surface area contributed by atoms with Crippen molar-refractivity contribution in [3.63, 3.8) is 0 Å². The fourth-order valence-corrected chi connectivity index (χ4v) is 0. The molecule has 0 unspecified atom stereocenters. The van der Waals surface area contributed by atoms with Crippen LogP contribution < -0.4 is 51.4 Å². The molecular weight excluding hydrogens is 382 g/mol. The predicted molar refractivity (Wildman–Crippen MR) is 17.6 cm³/mol. The van der Waals surface area contributed by atoms with Crippen molar-refractivity contribution in [1.29, 1.82) is 0 Å². The molecule has 2 radical (unpaired) electrons. The normalized spacial score (nSPS) is 0. The van der Waals surface area contributed by atoms with Crippen LogP contribution in [0.25, 0.3) is 0 Å². The third kappa shape index (κ3) is 35.3. The van der Waals surface area contributed by atoms with Gasteiger partial charge in [0.1, 0.15) is 0 Å². The Kier molecular flexibility index (Phi) is 356. The molecule has 0 spiro atoms. The summed E-state index contributed by atoms with van der Waals surface area (Å²) in [5.74, 6) is 0. The van der Waals surface area contributed by atoms with E-state index in [2.05, 4.69) is 0 Å². The number of hydrogen-bond acceptors (Lipinski definition) is 0. The van der Waals surface area contributed by atoms with Gasteiger partial charge in [-0.3, -0.25) is 0 Å². The first-order valence-electron chi connectivity index (χ1n) is 0. The van der Waals surface area contributed by atoms with Crippen LogP contribution in [0.15, 0.2) is 0 Å². The molecule has 0 atom stereocenters. The third-order valence-electron chi connectivity index (χ3n) is 0. The smallest absolute Gasteiger partial charge is 0 e. The first-order valence-corrected chi connectivity index (χ1v) is 0. The average molecular weight is 387 g/mol. The molecule has 42 valence electrons. The monoisotopic (exact) mass is 386 g/mol. The second kappa shape index (κ2) is 43.5. The summed E-state index contributed by atoms with van der Waals surface area (Å²) in [4.78, 5) is 0. The van der Waals surface area contributed by atoms with Gasteiger partial charge in [0.15, 0.2) is 0 Å². The van der Waals surface area contributed by atoms with E-state index in [-0.39, 0.29) is 166 Å². The van der Waals surface area contributed by atoms with E-state index in [1.807, 2.05) is 0 Å². The maximum atomic E-state index is 0. The Morgan fingerprint density at radius 3 is 1.14 bits per heavy atom. The van der Waals surface area contributed by atoms with Crippen molar-refractivity contribution in [2.45, 2.75) is 0 Å². The molecule has 0 fully saturated rings. The van der Waals surface area contributed by atoms with Gasteiger partial charge in [-0.15, -0.1) is 0 Å². The van der Waals surface area contributed by atoms with Gasteiger partial charge in [-0.2, -0.15) is 0 Å². The maximum Gasteiger partial charge on any atom is 0 e. The Labute approximate surface area is 162 Å². The molecule has 0 aliphatic carbocycles. The molecule has 0 N–H and O–H groups in total. The molecule has 0 saturated carbocycles. The van der Waals surface area contributed by atoms with Crippen molar-refractivity contribution in [3.05, 3.63) is 0 Å². The van der Waals surface area contributed by atoms with Crippen molar-refractivity contribution in [2.75, 3.05) is 0 Å². The quantitative estimate of drug-likeness (QED) is 0.373. The molecular formula is H5CuFeKMgMnSeZn. The zero-order valence-electron chi connectivity index (χ0n) is 6.95. The van der Waals surface area contributed by atoms with Gasteiger partial charge in [-0.25, -0.2) is 0 Å². The topological polar surface area (TPSA) is 0 Å². The minimum atomic E-state index is 0. The van der Waals surface area contributed by atoms with Crippen LogP contribution in [0.5, 0.6) is 0 Å². The van der Waals surface area contributed by atoms with Crippen molar-refractivity contribution in [1.82, 2.24) is 0 Å². The molecule has 0 aromatic rings. The van der Waals surface area contributed by atoms with Gasteiger partial charge in [-0.05, 0) is 0 Å². The van der Waals surface area contributed by atoms with E-state index in [0.717, 1.165) is 0 Å². The molecule has 7 heavy (non-hydrogen) atoms. The second-order valence-corrected chi connectivity index (χ2v) is 0. The minimum absolute atomic E-state index is 0. The van der Waals surface area contributed by atoms with Crippen molar-refractivity contribution in [2.24, 2.45) is 0 Å². The molecule has 0 aromatic heterocycles.